The first-order chi connectivity index (χ1) is 14.2. The minimum Gasteiger partial charge on any atom is -0.357 e. The van der Waals surface area contributed by atoms with Crippen LogP contribution in [0.5, 0.6) is 0 Å². The largest absolute Gasteiger partial charge is 0.357 e. The molecule has 1 aliphatic rings. The van der Waals surface area contributed by atoms with Gasteiger partial charge >= 0.3 is 0 Å². The van der Waals surface area contributed by atoms with Crippen molar-refractivity contribution in [3.63, 3.8) is 0 Å². The summed E-state index contributed by atoms with van der Waals surface area (Å²) in [7, 11) is 0. The van der Waals surface area contributed by atoms with E-state index in [1.807, 2.05) is 18.7 Å². The fourth-order valence-corrected chi connectivity index (χ4v) is 3.75. The third-order valence-electron chi connectivity index (χ3n) is 5.46. The summed E-state index contributed by atoms with van der Waals surface area (Å²) >= 11 is 0. The molecule has 30 heavy (non-hydrogen) atoms. The van der Waals surface area contributed by atoms with Crippen LogP contribution in [0.4, 0.5) is 0 Å². The first kappa shape index (κ1) is 26.7. The third kappa shape index (κ3) is 9.20. The van der Waals surface area contributed by atoms with Crippen molar-refractivity contribution in [1.29, 1.82) is 0 Å². The van der Waals surface area contributed by atoms with Crippen LogP contribution in [-0.2, 0) is 17.9 Å². The molecule has 170 valence electrons. The molecule has 7 heteroatoms. The summed E-state index contributed by atoms with van der Waals surface area (Å²) in [5.74, 6) is 0.956. The van der Waals surface area contributed by atoms with Crippen LogP contribution in [-0.4, -0.2) is 60.9 Å². The second-order valence-electron chi connectivity index (χ2n) is 7.54. The van der Waals surface area contributed by atoms with Gasteiger partial charge in [-0.1, -0.05) is 30.7 Å². The average Bonchev–Trinajstić information content (AvgIpc) is 2.74. The third-order valence-corrected chi connectivity index (χ3v) is 5.46. The van der Waals surface area contributed by atoms with Crippen molar-refractivity contribution in [3.05, 3.63) is 35.4 Å². The Kier molecular flexibility index (Phi) is 13.7. The second-order valence-corrected chi connectivity index (χ2v) is 7.54. The van der Waals surface area contributed by atoms with Crippen LogP contribution < -0.4 is 10.6 Å². The van der Waals surface area contributed by atoms with E-state index in [9.17, 15) is 4.79 Å². The molecule has 2 N–H and O–H groups in total. The molecule has 0 spiro atoms. The molecule has 0 bridgehead atoms. The molecule has 0 radical (unpaired) electrons. The molecule has 0 atom stereocenters. The van der Waals surface area contributed by atoms with E-state index >= 15 is 0 Å². The molecule has 0 unspecified atom stereocenters. The van der Waals surface area contributed by atoms with Gasteiger partial charge in [-0.05, 0) is 57.8 Å². The van der Waals surface area contributed by atoms with Crippen LogP contribution in [0.1, 0.15) is 57.6 Å². The van der Waals surface area contributed by atoms with E-state index in [0.29, 0.717) is 19.5 Å². The number of nitrogens with one attached hydrogen (secondary N) is 2. The average molecular weight is 530 g/mol. The quantitative estimate of drug-likeness (QED) is 0.276. The summed E-state index contributed by atoms with van der Waals surface area (Å²) in [5.41, 5.74) is 2.64. The summed E-state index contributed by atoms with van der Waals surface area (Å²) in [4.78, 5) is 21.4. The topological polar surface area (TPSA) is 60.0 Å². The summed E-state index contributed by atoms with van der Waals surface area (Å²) in [6.45, 7) is 13.0. The minimum atomic E-state index is 0. The van der Waals surface area contributed by atoms with Gasteiger partial charge in [0.25, 0.3) is 0 Å². The van der Waals surface area contributed by atoms with Crippen molar-refractivity contribution in [3.8, 4) is 0 Å². The number of hydrogen-bond acceptors (Lipinski definition) is 3. The lowest BCUT2D eigenvalue weighted by Gasteiger charge is -2.27. The molecular weight excluding hydrogens is 489 g/mol. The summed E-state index contributed by atoms with van der Waals surface area (Å²) in [6.07, 6.45) is 4.45. The second kappa shape index (κ2) is 15.5. The molecule has 0 aromatic heterocycles. The van der Waals surface area contributed by atoms with Crippen LogP contribution >= 0.6 is 24.0 Å². The Morgan fingerprint density at radius 1 is 1.03 bits per heavy atom. The number of carbonyl (C=O) groups is 1. The maximum absolute atomic E-state index is 12.2. The molecule has 1 aromatic carbocycles. The Balaban J connectivity index is 0.00000450. The number of rotatable bonds is 10. The van der Waals surface area contributed by atoms with E-state index in [-0.39, 0.29) is 29.9 Å². The van der Waals surface area contributed by atoms with Gasteiger partial charge in [0.05, 0.1) is 6.54 Å². The molecular formula is C23H40IN5O. The Bertz CT molecular complexity index is 642. The standard InChI is InChI=1S/C23H39N5O.HI/c1-4-24-23(25-15-14-22(29)28(5-2)6-3)26-18-20-12-8-9-13-21(20)19-27-16-10-7-11-17-27;/h8-9,12-13H,4-7,10-11,14-19H2,1-3H3,(H2,24,25,26);1H. The number of amides is 1. The van der Waals surface area contributed by atoms with Crippen LogP contribution in [0.15, 0.2) is 29.3 Å². The minimum absolute atomic E-state index is 0. The number of hydrogen-bond donors (Lipinski definition) is 2. The molecule has 0 saturated carbocycles. The van der Waals surface area contributed by atoms with E-state index in [4.69, 9.17) is 4.99 Å². The zero-order valence-electron chi connectivity index (χ0n) is 19.0. The van der Waals surface area contributed by atoms with Gasteiger partial charge in [-0.15, -0.1) is 24.0 Å². The smallest absolute Gasteiger partial charge is 0.224 e. The molecule has 1 aliphatic heterocycles. The zero-order valence-corrected chi connectivity index (χ0v) is 21.3. The fourth-order valence-electron chi connectivity index (χ4n) is 3.75. The lowest BCUT2D eigenvalue weighted by molar-refractivity contribution is -0.130. The van der Waals surface area contributed by atoms with Crippen LogP contribution in [0.3, 0.4) is 0 Å². The number of carbonyl (C=O) groups excluding carboxylic acids is 1. The number of aliphatic imine (C=N–C) groups is 1. The van der Waals surface area contributed by atoms with Crippen molar-refractivity contribution in [1.82, 2.24) is 20.4 Å². The van der Waals surface area contributed by atoms with E-state index in [0.717, 1.165) is 32.1 Å². The highest BCUT2D eigenvalue weighted by Crippen LogP contribution is 2.16. The van der Waals surface area contributed by atoms with E-state index in [1.54, 1.807) is 0 Å². The molecule has 6 nitrogen and oxygen atoms in total. The fraction of sp³-hybridized carbons (Fsp3) is 0.652. The van der Waals surface area contributed by atoms with Gasteiger partial charge in [0, 0.05) is 39.1 Å². The van der Waals surface area contributed by atoms with Crippen LogP contribution in [0.25, 0.3) is 0 Å². The maximum atomic E-state index is 12.2. The van der Waals surface area contributed by atoms with Crippen molar-refractivity contribution in [2.45, 2.75) is 59.5 Å². The number of likely N-dealkylation sites (tertiary alicyclic amines) is 1. The predicted molar refractivity (Wildman–Crippen MR) is 136 cm³/mol. The number of halogens is 1. The Labute approximate surface area is 199 Å². The van der Waals surface area contributed by atoms with E-state index < -0.39 is 0 Å². The molecule has 1 fully saturated rings. The van der Waals surface area contributed by atoms with Gasteiger partial charge in [-0.2, -0.15) is 0 Å². The van der Waals surface area contributed by atoms with E-state index in [1.165, 1.54) is 43.5 Å². The van der Waals surface area contributed by atoms with Gasteiger partial charge in [0.1, 0.15) is 0 Å². The van der Waals surface area contributed by atoms with Crippen LogP contribution in [0.2, 0.25) is 0 Å². The first-order valence-corrected chi connectivity index (χ1v) is 11.3. The molecule has 1 heterocycles. The molecule has 2 rings (SSSR count). The number of piperidine rings is 1. The monoisotopic (exact) mass is 529 g/mol. The van der Waals surface area contributed by atoms with Gasteiger partial charge in [-0.3, -0.25) is 9.69 Å². The van der Waals surface area contributed by atoms with Crippen molar-refractivity contribution < 1.29 is 4.79 Å². The molecule has 1 amide bonds. The molecule has 1 aromatic rings. The first-order valence-electron chi connectivity index (χ1n) is 11.3. The Hall–Kier alpha value is -1.35. The Morgan fingerprint density at radius 3 is 2.33 bits per heavy atom. The van der Waals surface area contributed by atoms with Crippen molar-refractivity contribution in [2.24, 2.45) is 4.99 Å². The summed E-state index contributed by atoms with van der Waals surface area (Å²) < 4.78 is 0. The number of guanidine groups is 1. The highest BCUT2D eigenvalue weighted by atomic mass is 127. The summed E-state index contributed by atoms with van der Waals surface area (Å²) in [5, 5.41) is 6.59. The lowest BCUT2D eigenvalue weighted by atomic mass is 10.1. The van der Waals surface area contributed by atoms with Gasteiger partial charge < -0.3 is 15.5 Å². The van der Waals surface area contributed by atoms with Crippen molar-refractivity contribution >= 4 is 35.8 Å². The SMILES string of the molecule is CCNC(=NCc1ccccc1CN1CCCCC1)NCCC(=O)N(CC)CC.I. The predicted octanol–water partition coefficient (Wildman–Crippen LogP) is 3.60. The molecule has 1 saturated heterocycles. The highest BCUT2D eigenvalue weighted by Gasteiger charge is 2.13. The van der Waals surface area contributed by atoms with Gasteiger partial charge in [-0.25, -0.2) is 4.99 Å². The lowest BCUT2D eigenvalue weighted by Crippen LogP contribution is -2.40. The Morgan fingerprint density at radius 2 is 1.70 bits per heavy atom. The molecule has 0 aliphatic carbocycles. The van der Waals surface area contributed by atoms with E-state index in [2.05, 4.69) is 46.7 Å². The number of benzene rings is 1. The zero-order chi connectivity index (χ0) is 20.9. The number of nitrogens with zero attached hydrogens (tertiary/aromatic N) is 3. The summed E-state index contributed by atoms with van der Waals surface area (Å²) in [6, 6.07) is 8.61. The van der Waals surface area contributed by atoms with Gasteiger partial charge in [0.15, 0.2) is 5.96 Å². The van der Waals surface area contributed by atoms with Gasteiger partial charge in [0.2, 0.25) is 5.91 Å². The maximum Gasteiger partial charge on any atom is 0.224 e. The van der Waals surface area contributed by atoms with Crippen molar-refractivity contribution in [2.75, 3.05) is 39.3 Å². The van der Waals surface area contributed by atoms with Crippen LogP contribution in [0, 0.1) is 0 Å². The normalized spacial score (nSPS) is 14.7. The highest BCUT2D eigenvalue weighted by molar-refractivity contribution is 14.0.